The average Bonchev–Trinajstić information content (AvgIpc) is 3.12. The van der Waals surface area contributed by atoms with Crippen LogP contribution in [0.25, 0.3) is 22.3 Å². The van der Waals surface area contributed by atoms with Gasteiger partial charge in [0.15, 0.2) is 0 Å². The Morgan fingerprint density at radius 1 is 1.03 bits per heavy atom. The number of aromatic nitrogens is 2. The van der Waals surface area contributed by atoms with Crippen LogP contribution in [0.4, 0.5) is 0 Å². The lowest BCUT2D eigenvalue weighted by molar-refractivity contribution is -0.134. The van der Waals surface area contributed by atoms with Crippen molar-refractivity contribution in [2.45, 2.75) is 52.9 Å². The first kappa shape index (κ1) is 21.8. The van der Waals surface area contributed by atoms with Gasteiger partial charge in [0.1, 0.15) is 5.75 Å². The van der Waals surface area contributed by atoms with Crippen LogP contribution in [0.2, 0.25) is 0 Å². The van der Waals surface area contributed by atoms with Crippen molar-refractivity contribution in [2.75, 3.05) is 0 Å². The molecule has 0 bridgehead atoms. The van der Waals surface area contributed by atoms with Crippen molar-refractivity contribution in [2.24, 2.45) is 0 Å². The molecule has 32 heavy (non-hydrogen) atoms. The molecule has 2 aromatic heterocycles. The molecule has 0 amide bonds. The van der Waals surface area contributed by atoms with E-state index in [0.29, 0.717) is 24.5 Å². The fourth-order valence-electron chi connectivity index (χ4n) is 4.14. The highest BCUT2D eigenvalue weighted by atomic mass is 16.5. The Labute approximate surface area is 189 Å². The van der Waals surface area contributed by atoms with Gasteiger partial charge in [0, 0.05) is 23.5 Å². The van der Waals surface area contributed by atoms with Crippen molar-refractivity contribution in [3.63, 3.8) is 0 Å². The molecule has 0 saturated heterocycles. The number of fused-ring (bicyclic) bond motifs is 1. The Morgan fingerprint density at radius 2 is 1.81 bits per heavy atom. The van der Waals surface area contributed by atoms with Crippen LogP contribution >= 0.6 is 0 Å². The first-order valence-corrected chi connectivity index (χ1v) is 11.3. The number of hydrogen-bond acceptors (Lipinski definition) is 3. The number of aryl methyl sites for hydroxylation is 3. The van der Waals surface area contributed by atoms with Crippen LogP contribution < -0.4 is 4.74 Å². The van der Waals surface area contributed by atoms with Crippen molar-refractivity contribution >= 4 is 16.9 Å². The molecule has 0 radical (unpaired) electrons. The number of esters is 1. The molecule has 0 aliphatic rings. The van der Waals surface area contributed by atoms with Crippen molar-refractivity contribution < 1.29 is 9.53 Å². The van der Waals surface area contributed by atoms with Crippen molar-refractivity contribution in [1.29, 1.82) is 0 Å². The third kappa shape index (κ3) is 4.75. The maximum absolute atomic E-state index is 12.7. The predicted octanol–water partition coefficient (Wildman–Crippen LogP) is 6.90. The van der Waals surface area contributed by atoms with Gasteiger partial charge in [-0.25, -0.2) is 0 Å². The molecule has 4 nitrogen and oxygen atoms in total. The van der Waals surface area contributed by atoms with Gasteiger partial charge in [0.05, 0.1) is 11.4 Å². The lowest BCUT2D eigenvalue weighted by Crippen LogP contribution is -2.10. The summed E-state index contributed by atoms with van der Waals surface area (Å²) in [6, 6.07) is 18.4. The molecule has 0 atom stereocenters. The SMILES string of the molecule is Cc1ccc(C(C)C)c(OC(=O)CCCc2c(-c3ccccn3)[nH]c3ccc(C)cc23)c1. The number of ether oxygens (including phenoxy) is 1. The second-order valence-electron chi connectivity index (χ2n) is 8.77. The Kier molecular flexibility index (Phi) is 6.40. The summed E-state index contributed by atoms with van der Waals surface area (Å²) < 4.78 is 5.77. The standard InChI is InChI=1S/C28H30N2O2/c1-18(2)21-13-11-20(4)17-26(21)32-27(31)10-7-8-22-23-16-19(3)12-14-24(23)30-28(22)25-9-5-6-15-29-25/h5-6,9,11-18,30H,7-8,10H2,1-4H3. The average molecular weight is 427 g/mol. The smallest absolute Gasteiger partial charge is 0.311 e. The summed E-state index contributed by atoms with van der Waals surface area (Å²) in [6.07, 6.45) is 3.66. The third-order valence-corrected chi connectivity index (χ3v) is 5.81. The van der Waals surface area contributed by atoms with E-state index in [1.807, 2.05) is 31.2 Å². The van der Waals surface area contributed by atoms with Gasteiger partial charge in [0.25, 0.3) is 0 Å². The highest BCUT2D eigenvalue weighted by Crippen LogP contribution is 2.32. The van der Waals surface area contributed by atoms with Gasteiger partial charge >= 0.3 is 5.97 Å². The Morgan fingerprint density at radius 3 is 2.56 bits per heavy atom. The molecule has 164 valence electrons. The third-order valence-electron chi connectivity index (χ3n) is 5.81. The highest BCUT2D eigenvalue weighted by molar-refractivity contribution is 5.90. The summed E-state index contributed by atoms with van der Waals surface area (Å²) in [6.45, 7) is 8.34. The Balaban J connectivity index is 1.52. The van der Waals surface area contributed by atoms with Crippen LogP contribution in [0.15, 0.2) is 60.8 Å². The number of aromatic amines is 1. The van der Waals surface area contributed by atoms with Gasteiger partial charge in [0.2, 0.25) is 0 Å². The van der Waals surface area contributed by atoms with E-state index in [1.165, 1.54) is 16.5 Å². The van der Waals surface area contributed by atoms with Crippen LogP contribution in [0.1, 0.15) is 54.9 Å². The molecule has 2 heterocycles. The molecule has 4 rings (SSSR count). The summed E-state index contributed by atoms with van der Waals surface area (Å²) in [5.41, 5.74) is 7.61. The number of rotatable bonds is 7. The number of H-pyrrole nitrogens is 1. The normalized spacial score (nSPS) is 11.3. The van der Waals surface area contributed by atoms with E-state index in [9.17, 15) is 4.79 Å². The molecule has 0 saturated carbocycles. The van der Waals surface area contributed by atoms with Gasteiger partial charge in [-0.2, -0.15) is 0 Å². The zero-order valence-electron chi connectivity index (χ0n) is 19.2. The van der Waals surface area contributed by atoms with Crippen LogP contribution in [-0.2, 0) is 11.2 Å². The number of carbonyl (C=O) groups is 1. The molecular formula is C28H30N2O2. The number of benzene rings is 2. The molecular weight excluding hydrogens is 396 g/mol. The molecule has 4 aromatic rings. The lowest BCUT2D eigenvalue weighted by atomic mass is 10.0. The van der Waals surface area contributed by atoms with Gasteiger partial charge in [-0.15, -0.1) is 0 Å². The van der Waals surface area contributed by atoms with Crippen LogP contribution in [0.3, 0.4) is 0 Å². The van der Waals surface area contributed by atoms with E-state index in [-0.39, 0.29) is 5.97 Å². The van der Waals surface area contributed by atoms with Crippen LogP contribution in [-0.4, -0.2) is 15.9 Å². The first-order valence-electron chi connectivity index (χ1n) is 11.3. The zero-order chi connectivity index (χ0) is 22.7. The van der Waals surface area contributed by atoms with Gasteiger partial charge in [-0.1, -0.05) is 43.7 Å². The first-order chi connectivity index (χ1) is 15.4. The molecule has 0 aliphatic heterocycles. The monoisotopic (exact) mass is 426 g/mol. The molecule has 0 aliphatic carbocycles. The minimum atomic E-state index is -0.187. The van der Waals surface area contributed by atoms with E-state index < -0.39 is 0 Å². The summed E-state index contributed by atoms with van der Waals surface area (Å²) in [7, 11) is 0. The molecule has 4 heteroatoms. The van der Waals surface area contributed by atoms with E-state index >= 15 is 0 Å². The van der Waals surface area contributed by atoms with Crippen molar-refractivity contribution in [3.8, 4) is 17.1 Å². The van der Waals surface area contributed by atoms with Gasteiger partial charge in [-0.05, 0) is 79.6 Å². The van der Waals surface area contributed by atoms with Crippen LogP contribution in [0, 0.1) is 13.8 Å². The van der Waals surface area contributed by atoms with E-state index in [2.05, 4.69) is 61.1 Å². The summed E-state index contributed by atoms with van der Waals surface area (Å²) in [5, 5.41) is 1.19. The minimum Gasteiger partial charge on any atom is -0.426 e. The fraction of sp³-hybridized carbons (Fsp3) is 0.286. The van der Waals surface area contributed by atoms with Crippen molar-refractivity contribution in [1.82, 2.24) is 9.97 Å². The Bertz CT molecular complexity index is 1240. The topological polar surface area (TPSA) is 55.0 Å². The maximum atomic E-state index is 12.7. The number of hydrogen-bond donors (Lipinski definition) is 1. The van der Waals surface area contributed by atoms with E-state index in [1.54, 1.807) is 6.20 Å². The lowest BCUT2D eigenvalue weighted by Gasteiger charge is -2.13. The number of nitrogens with one attached hydrogen (secondary N) is 1. The second-order valence-corrected chi connectivity index (χ2v) is 8.77. The van der Waals surface area contributed by atoms with Crippen molar-refractivity contribution in [3.05, 3.63) is 83.0 Å². The van der Waals surface area contributed by atoms with Gasteiger partial charge in [-0.3, -0.25) is 9.78 Å². The van der Waals surface area contributed by atoms with Gasteiger partial charge < -0.3 is 9.72 Å². The van der Waals surface area contributed by atoms with E-state index in [0.717, 1.165) is 34.5 Å². The number of nitrogens with zero attached hydrogens (tertiary/aromatic N) is 1. The second kappa shape index (κ2) is 9.39. The van der Waals surface area contributed by atoms with E-state index in [4.69, 9.17) is 4.74 Å². The summed E-state index contributed by atoms with van der Waals surface area (Å²) >= 11 is 0. The molecule has 1 N–H and O–H groups in total. The maximum Gasteiger partial charge on any atom is 0.311 e. The Hall–Kier alpha value is -3.40. The number of carbonyl (C=O) groups excluding carboxylic acids is 1. The predicted molar refractivity (Wildman–Crippen MR) is 130 cm³/mol. The highest BCUT2D eigenvalue weighted by Gasteiger charge is 2.16. The summed E-state index contributed by atoms with van der Waals surface area (Å²) in [4.78, 5) is 20.7. The molecule has 0 spiro atoms. The largest absolute Gasteiger partial charge is 0.426 e. The zero-order valence-corrected chi connectivity index (χ0v) is 19.2. The summed E-state index contributed by atoms with van der Waals surface area (Å²) in [5.74, 6) is 0.795. The molecule has 0 unspecified atom stereocenters. The van der Waals surface area contributed by atoms with Crippen LogP contribution in [0.5, 0.6) is 5.75 Å². The number of pyridine rings is 1. The fourth-order valence-corrected chi connectivity index (χ4v) is 4.14. The quantitative estimate of drug-likeness (QED) is 0.258. The minimum absolute atomic E-state index is 0.187. The molecule has 0 fully saturated rings. The molecule has 2 aromatic carbocycles.